The van der Waals surface area contributed by atoms with E-state index in [-0.39, 0.29) is 11.9 Å². The molecule has 5 nitrogen and oxygen atoms in total. The van der Waals surface area contributed by atoms with Crippen LogP contribution in [0, 0.1) is 6.92 Å². The van der Waals surface area contributed by atoms with Gasteiger partial charge in [0.1, 0.15) is 0 Å². The van der Waals surface area contributed by atoms with Gasteiger partial charge in [-0.1, -0.05) is 29.8 Å². The lowest BCUT2D eigenvalue weighted by molar-refractivity contribution is -0.118. The maximum atomic E-state index is 12.3. The molecule has 0 radical (unpaired) electrons. The first-order valence-electron chi connectivity index (χ1n) is 8.95. The van der Waals surface area contributed by atoms with Gasteiger partial charge in [-0.05, 0) is 18.6 Å². The first-order valence-corrected chi connectivity index (χ1v) is 11.4. The summed E-state index contributed by atoms with van der Waals surface area (Å²) in [7, 11) is 0. The number of aromatic nitrogens is 1. The number of thioether (sulfide) groups is 1. The van der Waals surface area contributed by atoms with Crippen LogP contribution in [0.5, 0.6) is 0 Å². The van der Waals surface area contributed by atoms with Gasteiger partial charge in [0.05, 0.1) is 35.7 Å². The topological polar surface area (TPSA) is 54.5 Å². The summed E-state index contributed by atoms with van der Waals surface area (Å²) in [4.78, 5) is 19.1. The Morgan fingerprint density at radius 1 is 1.41 bits per heavy atom. The van der Waals surface area contributed by atoms with Crippen LogP contribution in [0.4, 0.5) is 0 Å². The van der Waals surface area contributed by atoms with E-state index in [9.17, 15) is 4.79 Å². The first-order chi connectivity index (χ1) is 13.1. The van der Waals surface area contributed by atoms with E-state index < -0.39 is 0 Å². The van der Waals surface area contributed by atoms with E-state index in [1.165, 1.54) is 0 Å². The number of thiazole rings is 1. The van der Waals surface area contributed by atoms with Crippen LogP contribution in [0.2, 0.25) is 5.02 Å². The number of nitrogens with zero attached hydrogens (tertiary/aromatic N) is 2. The number of morpholine rings is 1. The maximum absolute atomic E-state index is 12.3. The van der Waals surface area contributed by atoms with Gasteiger partial charge in [0.25, 0.3) is 0 Å². The number of halogens is 1. The lowest BCUT2D eigenvalue weighted by Gasteiger charge is -2.35. The molecule has 1 amide bonds. The van der Waals surface area contributed by atoms with E-state index in [1.54, 1.807) is 23.1 Å². The molecule has 1 atom stereocenters. The van der Waals surface area contributed by atoms with E-state index in [4.69, 9.17) is 16.3 Å². The number of rotatable bonds is 8. The smallest absolute Gasteiger partial charge is 0.230 e. The van der Waals surface area contributed by atoms with Crippen molar-refractivity contribution in [1.29, 1.82) is 0 Å². The highest BCUT2D eigenvalue weighted by Gasteiger charge is 2.24. The minimum atomic E-state index is 0.0391. The Morgan fingerprint density at radius 3 is 2.89 bits per heavy atom. The molecule has 1 aromatic heterocycles. The van der Waals surface area contributed by atoms with E-state index in [1.807, 2.05) is 36.6 Å². The Balaban J connectivity index is 1.54. The van der Waals surface area contributed by atoms with Crippen molar-refractivity contribution in [2.24, 2.45) is 0 Å². The molecule has 3 rings (SSSR count). The Bertz CT molecular complexity index is 750. The van der Waals surface area contributed by atoms with Crippen LogP contribution in [0.15, 0.2) is 29.6 Å². The molecule has 0 unspecified atom stereocenters. The van der Waals surface area contributed by atoms with E-state index in [0.717, 1.165) is 40.1 Å². The van der Waals surface area contributed by atoms with Gasteiger partial charge < -0.3 is 10.1 Å². The predicted molar refractivity (Wildman–Crippen MR) is 113 cm³/mol. The number of carbonyl (C=O) groups excluding carboxylic acids is 1. The number of carbonyl (C=O) groups is 1. The van der Waals surface area contributed by atoms with Gasteiger partial charge in [0.2, 0.25) is 5.91 Å². The quantitative estimate of drug-likeness (QED) is 0.701. The molecule has 1 saturated heterocycles. The molecule has 0 spiro atoms. The standard InChI is InChI=1S/C19H24ClN3O2S2/c1-14-22-15(12-27-14)11-26-13-19(24)21-10-18(23-6-8-25-9-7-23)16-4-2-3-5-17(16)20/h2-5,12,18H,6-11,13H2,1H3,(H,21,24)/t18-/m0/s1. The van der Waals surface area contributed by atoms with Gasteiger partial charge in [0, 0.05) is 35.8 Å². The Morgan fingerprint density at radius 2 is 2.19 bits per heavy atom. The summed E-state index contributed by atoms with van der Waals surface area (Å²) in [5, 5.41) is 6.92. The van der Waals surface area contributed by atoms with Crippen molar-refractivity contribution in [2.75, 3.05) is 38.6 Å². The van der Waals surface area contributed by atoms with Gasteiger partial charge >= 0.3 is 0 Å². The van der Waals surface area contributed by atoms with Gasteiger partial charge in [-0.15, -0.1) is 23.1 Å². The van der Waals surface area contributed by atoms with Crippen LogP contribution >= 0.6 is 34.7 Å². The fourth-order valence-electron chi connectivity index (χ4n) is 3.05. The number of amides is 1. The number of aryl methyl sites for hydroxylation is 1. The van der Waals surface area contributed by atoms with Crippen molar-refractivity contribution in [2.45, 2.75) is 18.7 Å². The molecule has 2 aromatic rings. The summed E-state index contributed by atoms with van der Waals surface area (Å²) < 4.78 is 5.47. The monoisotopic (exact) mass is 425 g/mol. The van der Waals surface area contributed by atoms with Crippen LogP contribution < -0.4 is 5.32 Å². The molecule has 8 heteroatoms. The van der Waals surface area contributed by atoms with Crippen molar-refractivity contribution >= 4 is 40.6 Å². The van der Waals surface area contributed by atoms with Crippen molar-refractivity contribution in [3.8, 4) is 0 Å². The molecule has 0 saturated carbocycles. The number of hydrogen-bond acceptors (Lipinski definition) is 6. The molecule has 146 valence electrons. The number of hydrogen-bond donors (Lipinski definition) is 1. The van der Waals surface area contributed by atoms with Crippen molar-refractivity contribution in [3.63, 3.8) is 0 Å². The van der Waals surface area contributed by atoms with Crippen molar-refractivity contribution in [3.05, 3.63) is 50.9 Å². The van der Waals surface area contributed by atoms with Crippen molar-refractivity contribution < 1.29 is 9.53 Å². The van der Waals surface area contributed by atoms with Crippen LogP contribution in [0.3, 0.4) is 0 Å². The van der Waals surface area contributed by atoms with Crippen LogP contribution in [-0.2, 0) is 15.3 Å². The fraction of sp³-hybridized carbons (Fsp3) is 0.474. The highest BCUT2D eigenvalue weighted by atomic mass is 35.5. The van der Waals surface area contributed by atoms with Crippen LogP contribution in [-0.4, -0.2) is 54.4 Å². The minimum Gasteiger partial charge on any atom is -0.379 e. The van der Waals surface area contributed by atoms with Crippen LogP contribution in [0.25, 0.3) is 0 Å². The molecular weight excluding hydrogens is 402 g/mol. The average molecular weight is 426 g/mol. The number of ether oxygens (including phenoxy) is 1. The minimum absolute atomic E-state index is 0.0391. The zero-order chi connectivity index (χ0) is 19.1. The maximum Gasteiger partial charge on any atom is 0.230 e. The molecule has 1 aromatic carbocycles. The number of benzene rings is 1. The molecule has 27 heavy (non-hydrogen) atoms. The third-order valence-corrected chi connectivity index (χ3v) is 6.53. The van der Waals surface area contributed by atoms with Gasteiger partial charge in [-0.3, -0.25) is 9.69 Å². The molecule has 1 N–H and O–H groups in total. The van der Waals surface area contributed by atoms with Crippen molar-refractivity contribution in [1.82, 2.24) is 15.2 Å². The van der Waals surface area contributed by atoms with E-state index >= 15 is 0 Å². The third-order valence-electron chi connectivity index (χ3n) is 4.39. The second-order valence-corrected chi connectivity index (χ2v) is 8.80. The summed E-state index contributed by atoms with van der Waals surface area (Å²) in [6, 6.07) is 7.91. The third kappa shape index (κ3) is 6.19. The predicted octanol–water partition coefficient (Wildman–Crippen LogP) is 3.53. The Kier molecular flexibility index (Phi) is 7.96. The average Bonchev–Trinajstić information content (AvgIpc) is 3.09. The lowest BCUT2D eigenvalue weighted by Crippen LogP contribution is -2.44. The highest BCUT2D eigenvalue weighted by Crippen LogP contribution is 2.27. The van der Waals surface area contributed by atoms with E-state index in [0.29, 0.717) is 25.5 Å². The highest BCUT2D eigenvalue weighted by molar-refractivity contribution is 7.99. The van der Waals surface area contributed by atoms with E-state index in [2.05, 4.69) is 15.2 Å². The Hall–Kier alpha value is -1.12. The second-order valence-electron chi connectivity index (χ2n) is 6.34. The largest absolute Gasteiger partial charge is 0.379 e. The zero-order valence-corrected chi connectivity index (χ0v) is 17.7. The molecule has 1 aliphatic heterocycles. The zero-order valence-electron chi connectivity index (χ0n) is 15.3. The lowest BCUT2D eigenvalue weighted by atomic mass is 10.0. The molecule has 1 fully saturated rings. The summed E-state index contributed by atoms with van der Waals surface area (Å²) in [5.41, 5.74) is 2.09. The summed E-state index contributed by atoms with van der Waals surface area (Å²) in [5.74, 6) is 1.22. The molecule has 1 aliphatic rings. The number of nitrogens with one attached hydrogen (secondary N) is 1. The molecule has 2 heterocycles. The van der Waals surface area contributed by atoms with Gasteiger partial charge in [-0.25, -0.2) is 4.98 Å². The van der Waals surface area contributed by atoms with Crippen LogP contribution in [0.1, 0.15) is 22.3 Å². The molecule has 0 bridgehead atoms. The first kappa shape index (κ1) is 20.6. The van der Waals surface area contributed by atoms with Gasteiger partial charge in [-0.2, -0.15) is 0 Å². The van der Waals surface area contributed by atoms with Gasteiger partial charge in [0.15, 0.2) is 0 Å². The summed E-state index contributed by atoms with van der Waals surface area (Å²) >= 11 is 9.65. The summed E-state index contributed by atoms with van der Waals surface area (Å²) in [6.45, 7) is 5.62. The SMILES string of the molecule is Cc1nc(CSCC(=O)NC[C@@H](c2ccccc2Cl)N2CCOCC2)cs1. The summed E-state index contributed by atoms with van der Waals surface area (Å²) in [6.07, 6.45) is 0. The molecule has 0 aliphatic carbocycles. The Labute approximate surface area is 173 Å². The fourth-order valence-corrected chi connectivity index (χ4v) is 4.78. The normalized spacial score (nSPS) is 16.2. The second kappa shape index (κ2) is 10.4. The molecular formula is C19H24ClN3O2S2.